The van der Waals surface area contributed by atoms with Crippen molar-refractivity contribution in [2.24, 2.45) is 0 Å². The van der Waals surface area contributed by atoms with Crippen LogP contribution in [0.1, 0.15) is 11.3 Å². The summed E-state index contributed by atoms with van der Waals surface area (Å²) >= 11 is 11.3. The summed E-state index contributed by atoms with van der Waals surface area (Å²) < 4.78 is 18.1. The second-order valence-corrected chi connectivity index (χ2v) is 4.34. The summed E-state index contributed by atoms with van der Waals surface area (Å²) in [5.41, 5.74) is 0.911. The monoisotopic (exact) mass is 273 g/mol. The summed E-state index contributed by atoms with van der Waals surface area (Å²) in [6, 6.07) is 8.12. The smallest absolute Gasteiger partial charge is 0.193 e. The van der Waals surface area contributed by atoms with Crippen LogP contribution < -0.4 is 5.32 Å². The Morgan fingerprint density at radius 2 is 1.94 bits per heavy atom. The Morgan fingerprint density at radius 1 is 1.12 bits per heavy atom. The molecule has 0 fully saturated rings. The maximum absolute atomic E-state index is 12.9. The van der Waals surface area contributed by atoms with E-state index in [4.69, 9.17) is 27.6 Å². The van der Waals surface area contributed by atoms with Crippen molar-refractivity contribution in [3.8, 4) is 0 Å². The van der Waals surface area contributed by atoms with E-state index in [1.807, 2.05) is 0 Å². The molecule has 0 unspecified atom stereocenters. The molecule has 1 aromatic heterocycles. The zero-order chi connectivity index (χ0) is 12.3. The molecule has 0 spiro atoms. The van der Waals surface area contributed by atoms with Crippen molar-refractivity contribution in [3.05, 3.63) is 57.7 Å². The van der Waals surface area contributed by atoms with Crippen molar-refractivity contribution in [2.75, 3.05) is 0 Å². The van der Waals surface area contributed by atoms with E-state index < -0.39 is 5.82 Å². The molecule has 1 aromatic carbocycles. The molecule has 0 atom stereocenters. The van der Waals surface area contributed by atoms with Crippen molar-refractivity contribution in [1.29, 1.82) is 0 Å². The zero-order valence-electron chi connectivity index (χ0n) is 8.84. The maximum Gasteiger partial charge on any atom is 0.193 e. The average Bonchev–Trinajstić information content (AvgIpc) is 2.70. The van der Waals surface area contributed by atoms with Crippen LogP contribution in [0.4, 0.5) is 4.39 Å². The first-order chi connectivity index (χ1) is 8.15. The highest BCUT2D eigenvalue weighted by molar-refractivity contribution is 6.30. The first-order valence-electron chi connectivity index (χ1n) is 5.04. The molecular weight excluding hydrogens is 264 g/mol. The largest absolute Gasteiger partial charge is 0.448 e. The molecule has 0 aliphatic heterocycles. The number of benzene rings is 1. The second-order valence-electron chi connectivity index (χ2n) is 3.56. The fourth-order valence-corrected chi connectivity index (χ4v) is 1.79. The van der Waals surface area contributed by atoms with E-state index in [1.165, 1.54) is 6.07 Å². The van der Waals surface area contributed by atoms with E-state index in [1.54, 1.807) is 24.3 Å². The highest BCUT2D eigenvalue weighted by Gasteiger charge is 2.02. The van der Waals surface area contributed by atoms with Gasteiger partial charge in [0.15, 0.2) is 5.22 Å². The van der Waals surface area contributed by atoms with Gasteiger partial charge in [-0.1, -0.05) is 17.7 Å². The minimum atomic E-state index is -0.409. The van der Waals surface area contributed by atoms with Crippen LogP contribution in [0.15, 0.2) is 34.7 Å². The molecule has 0 amide bonds. The number of nitrogens with one attached hydrogen (secondary N) is 1. The molecule has 2 rings (SSSR count). The third kappa shape index (κ3) is 3.46. The lowest BCUT2D eigenvalue weighted by molar-refractivity contribution is 0.484. The fourth-order valence-electron chi connectivity index (χ4n) is 1.43. The van der Waals surface area contributed by atoms with E-state index in [0.717, 1.165) is 11.3 Å². The number of furan rings is 1. The molecule has 17 heavy (non-hydrogen) atoms. The van der Waals surface area contributed by atoms with Gasteiger partial charge < -0.3 is 9.73 Å². The minimum absolute atomic E-state index is 0.130. The van der Waals surface area contributed by atoms with E-state index in [-0.39, 0.29) is 5.02 Å². The SMILES string of the molecule is Fc1ccc(CNCc2ccc(Cl)o2)cc1Cl. The number of hydrogen-bond acceptors (Lipinski definition) is 2. The quantitative estimate of drug-likeness (QED) is 0.911. The summed E-state index contributed by atoms with van der Waals surface area (Å²) in [6.07, 6.45) is 0. The van der Waals surface area contributed by atoms with Gasteiger partial charge in [0.25, 0.3) is 0 Å². The first-order valence-corrected chi connectivity index (χ1v) is 5.79. The Bertz CT molecular complexity index is 513. The van der Waals surface area contributed by atoms with Gasteiger partial charge in [0, 0.05) is 6.54 Å². The predicted octanol–water partition coefficient (Wildman–Crippen LogP) is 4.02. The van der Waals surface area contributed by atoms with Crippen LogP contribution in [0.2, 0.25) is 10.2 Å². The van der Waals surface area contributed by atoms with E-state index in [0.29, 0.717) is 18.3 Å². The third-order valence-corrected chi connectivity index (χ3v) is 2.73. The van der Waals surface area contributed by atoms with Gasteiger partial charge in [-0.3, -0.25) is 0 Å². The Balaban J connectivity index is 1.87. The first kappa shape index (κ1) is 12.4. The maximum atomic E-state index is 12.9. The summed E-state index contributed by atoms with van der Waals surface area (Å²) in [5.74, 6) is 0.344. The Morgan fingerprint density at radius 3 is 2.59 bits per heavy atom. The second kappa shape index (κ2) is 5.54. The lowest BCUT2D eigenvalue weighted by atomic mass is 10.2. The van der Waals surface area contributed by atoms with Gasteiger partial charge >= 0.3 is 0 Å². The van der Waals surface area contributed by atoms with Crippen LogP contribution in [-0.4, -0.2) is 0 Å². The van der Waals surface area contributed by atoms with Crippen molar-refractivity contribution in [2.45, 2.75) is 13.1 Å². The summed E-state index contributed by atoms with van der Waals surface area (Å²) in [5, 5.41) is 3.64. The summed E-state index contributed by atoms with van der Waals surface area (Å²) in [6.45, 7) is 1.14. The average molecular weight is 274 g/mol. The van der Waals surface area contributed by atoms with Crippen molar-refractivity contribution in [3.63, 3.8) is 0 Å². The van der Waals surface area contributed by atoms with Crippen molar-refractivity contribution in [1.82, 2.24) is 5.32 Å². The number of hydrogen-bond donors (Lipinski definition) is 1. The fraction of sp³-hybridized carbons (Fsp3) is 0.167. The highest BCUT2D eigenvalue weighted by atomic mass is 35.5. The van der Waals surface area contributed by atoms with Crippen molar-refractivity contribution < 1.29 is 8.81 Å². The molecule has 0 saturated carbocycles. The van der Waals surface area contributed by atoms with Gasteiger partial charge in [0.1, 0.15) is 11.6 Å². The van der Waals surface area contributed by atoms with Crippen LogP contribution in [0, 0.1) is 5.82 Å². The number of rotatable bonds is 4. The molecule has 1 heterocycles. The van der Waals surface area contributed by atoms with Gasteiger partial charge in [0.2, 0.25) is 0 Å². The van der Waals surface area contributed by atoms with Gasteiger partial charge in [-0.15, -0.1) is 0 Å². The van der Waals surface area contributed by atoms with Gasteiger partial charge in [-0.25, -0.2) is 4.39 Å². The molecular formula is C12H10Cl2FNO. The normalized spacial score (nSPS) is 10.8. The molecule has 0 saturated heterocycles. The zero-order valence-corrected chi connectivity index (χ0v) is 10.4. The van der Waals surface area contributed by atoms with E-state index in [9.17, 15) is 4.39 Å². The molecule has 0 aliphatic carbocycles. The molecule has 1 N–H and O–H groups in total. The Labute approximate surface area is 108 Å². The third-order valence-electron chi connectivity index (χ3n) is 2.24. The molecule has 2 aromatic rings. The molecule has 0 bridgehead atoms. The molecule has 0 radical (unpaired) electrons. The van der Waals surface area contributed by atoms with Gasteiger partial charge in [-0.05, 0) is 41.4 Å². The molecule has 5 heteroatoms. The predicted molar refractivity (Wildman–Crippen MR) is 65.7 cm³/mol. The van der Waals surface area contributed by atoms with E-state index in [2.05, 4.69) is 5.32 Å². The van der Waals surface area contributed by atoms with Crippen LogP contribution in [-0.2, 0) is 13.1 Å². The molecule has 2 nitrogen and oxygen atoms in total. The van der Waals surface area contributed by atoms with Crippen LogP contribution in [0.25, 0.3) is 0 Å². The van der Waals surface area contributed by atoms with Crippen LogP contribution in [0.5, 0.6) is 0 Å². The lowest BCUT2D eigenvalue weighted by Crippen LogP contribution is -2.12. The Hall–Kier alpha value is -1.03. The van der Waals surface area contributed by atoms with Crippen LogP contribution in [0.3, 0.4) is 0 Å². The number of halogens is 3. The standard InChI is InChI=1S/C12H10Cl2FNO/c13-10-5-8(1-3-11(10)15)6-16-7-9-2-4-12(14)17-9/h1-5,16H,6-7H2. The topological polar surface area (TPSA) is 25.2 Å². The summed E-state index contributed by atoms with van der Waals surface area (Å²) in [7, 11) is 0. The Kier molecular flexibility index (Phi) is 4.05. The molecule has 0 aliphatic rings. The van der Waals surface area contributed by atoms with Crippen LogP contribution >= 0.6 is 23.2 Å². The van der Waals surface area contributed by atoms with Gasteiger partial charge in [0.05, 0.1) is 11.6 Å². The minimum Gasteiger partial charge on any atom is -0.448 e. The molecule has 90 valence electrons. The van der Waals surface area contributed by atoms with Gasteiger partial charge in [-0.2, -0.15) is 0 Å². The van der Waals surface area contributed by atoms with E-state index >= 15 is 0 Å². The lowest BCUT2D eigenvalue weighted by Gasteiger charge is -2.04. The highest BCUT2D eigenvalue weighted by Crippen LogP contribution is 2.16. The summed E-state index contributed by atoms with van der Waals surface area (Å²) in [4.78, 5) is 0. The van der Waals surface area contributed by atoms with Crippen molar-refractivity contribution >= 4 is 23.2 Å².